The average molecular weight is 322 g/mol. The van der Waals surface area contributed by atoms with Crippen LogP contribution in [0.15, 0.2) is 18.2 Å². The smallest absolute Gasteiger partial charge is 0.407 e. The summed E-state index contributed by atoms with van der Waals surface area (Å²) < 4.78 is 18.4. The van der Waals surface area contributed by atoms with Crippen LogP contribution >= 0.6 is 0 Å². The van der Waals surface area contributed by atoms with Crippen LogP contribution in [0.3, 0.4) is 0 Å². The van der Waals surface area contributed by atoms with Crippen molar-refractivity contribution in [3.05, 3.63) is 35.1 Å². The fraction of sp³-hybridized carbons (Fsp3) is 0.529. The lowest BCUT2D eigenvalue weighted by Gasteiger charge is -2.19. The van der Waals surface area contributed by atoms with Gasteiger partial charge >= 0.3 is 6.09 Å². The minimum atomic E-state index is -0.566. The molecule has 5 nitrogen and oxygen atoms in total. The molecule has 1 aromatic rings. The van der Waals surface area contributed by atoms with Crippen LogP contribution < -0.4 is 10.6 Å². The molecule has 0 saturated heterocycles. The molecule has 2 amide bonds. The molecule has 126 valence electrons. The summed E-state index contributed by atoms with van der Waals surface area (Å²) in [6, 6.07) is 4.52. The first-order chi connectivity index (χ1) is 10.7. The number of alkyl carbamates (subject to hydrolysis) is 1. The molecule has 0 fully saturated rings. The quantitative estimate of drug-likeness (QED) is 0.896. The van der Waals surface area contributed by atoms with E-state index in [1.54, 1.807) is 26.8 Å². The zero-order valence-corrected chi connectivity index (χ0v) is 13.7. The van der Waals surface area contributed by atoms with Crippen molar-refractivity contribution in [3.63, 3.8) is 0 Å². The number of aryl methyl sites for hydroxylation is 1. The maximum absolute atomic E-state index is 13.3. The topological polar surface area (TPSA) is 67.4 Å². The van der Waals surface area contributed by atoms with Crippen LogP contribution in [0.2, 0.25) is 0 Å². The molecule has 0 spiro atoms. The molecule has 23 heavy (non-hydrogen) atoms. The molecule has 0 aromatic heterocycles. The molecule has 1 aliphatic rings. The molecule has 0 unspecified atom stereocenters. The largest absolute Gasteiger partial charge is 0.444 e. The Labute approximate surface area is 135 Å². The molecule has 6 heteroatoms. The van der Waals surface area contributed by atoms with E-state index in [2.05, 4.69) is 10.6 Å². The molecule has 2 N–H and O–H groups in total. The number of fused-ring (bicyclic) bond motifs is 1. The van der Waals surface area contributed by atoms with Gasteiger partial charge in [0.1, 0.15) is 11.4 Å². The van der Waals surface area contributed by atoms with E-state index in [1.165, 1.54) is 12.1 Å². The molecule has 0 heterocycles. The maximum atomic E-state index is 13.3. The number of rotatable bonds is 4. The minimum absolute atomic E-state index is 0.153. The van der Waals surface area contributed by atoms with Gasteiger partial charge in [0.05, 0.1) is 6.04 Å². The van der Waals surface area contributed by atoms with Gasteiger partial charge in [-0.15, -0.1) is 0 Å². The Kier molecular flexibility index (Phi) is 5.23. The average Bonchev–Trinajstić information content (AvgIpc) is 2.79. The highest BCUT2D eigenvalue weighted by atomic mass is 19.1. The van der Waals surface area contributed by atoms with Crippen LogP contribution in [0.1, 0.15) is 50.8 Å². The van der Waals surface area contributed by atoms with E-state index in [0.29, 0.717) is 0 Å². The lowest BCUT2D eigenvalue weighted by molar-refractivity contribution is -0.121. The summed E-state index contributed by atoms with van der Waals surface area (Å²) >= 11 is 0. The third-order valence-corrected chi connectivity index (χ3v) is 3.54. The fourth-order valence-corrected chi connectivity index (χ4v) is 2.58. The van der Waals surface area contributed by atoms with Gasteiger partial charge in [-0.1, -0.05) is 6.07 Å². The molecule has 2 rings (SSSR count). The summed E-state index contributed by atoms with van der Waals surface area (Å²) in [5.41, 5.74) is 1.35. The van der Waals surface area contributed by atoms with Crippen LogP contribution in [0, 0.1) is 5.82 Å². The predicted octanol–water partition coefficient (Wildman–Crippen LogP) is 2.84. The van der Waals surface area contributed by atoms with Crippen LogP contribution in [-0.4, -0.2) is 24.1 Å². The number of nitrogens with one attached hydrogen (secondary N) is 2. The summed E-state index contributed by atoms with van der Waals surface area (Å²) in [5, 5.41) is 5.43. The fourth-order valence-electron chi connectivity index (χ4n) is 2.58. The lowest BCUT2D eigenvalue weighted by atomic mass is 10.1. The summed E-state index contributed by atoms with van der Waals surface area (Å²) in [6.07, 6.45) is 1.21. The van der Waals surface area contributed by atoms with E-state index < -0.39 is 11.7 Å². The Morgan fingerprint density at radius 2 is 2.09 bits per heavy atom. The van der Waals surface area contributed by atoms with E-state index in [-0.39, 0.29) is 30.7 Å². The first-order valence-corrected chi connectivity index (χ1v) is 7.79. The Hall–Kier alpha value is -2.11. The normalized spacial score (nSPS) is 16.6. The maximum Gasteiger partial charge on any atom is 0.407 e. The summed E-state index contributed by atoms with van der Waals surface area (Å²) in [6.45, 7) is 5.52. The van der Waals surface area contributed by atoms with Crippen molar-refractivity contribution in [1.29, 1.82) is 0 Å². The van der Waals surface area contributed by atoms with Gasteiger partial charge in [-0.25, -0.2) is 9.18 Å². The van der Waals surface area contributed by atoms with Crippen molar-refractivity contribution < 1.29 is 18.7 Å². The lowest BCUT2D eigenvalue weighted by Crippen LogP contribution is -2.35. The van der Waals surface area contributed by atoms with Crippen molar-refractivity contribution in [2.24, 2.45) is 0 Å². The second-order valence-electron chi connectivity index (χ2n) is 6.68. The summed E-state index contributed by atoms with van der Waals surface area (Å²) in [5.74, 6) is -0.473. The zero-order chi connectivity index (χ0) is 17.0. The van der Waals surface area contributed by atoms with Crippen LogP contribution in [0.4, 0.5) is 9.18 Å². The van der Waals surface area contributed by atoms with Crippen molar-refractivity contribution in [1.82, 2.24) is 10.6 Å². The van der Waals surface area contributed by atoms with Gasteiger partial charge in [0.25, 0.3) is 0 Å². The third-order valence-electron chi connectivity index (χ3n) is 3.54. The standard InChI is InChI=1S/C17H23FN2O3/c1-17(2,3)23-16(22)19-9-8-15(21)20-14-7-5-11-4-6-12(18)10-13(11)14/h4,6,10,14H,5,7-9H2,1-3H3,(H,19,22)(H,20,21)/t14-/m1/s1. The molecule has 0 bridgehead atoms. The predicted molar refractivity (Wildman–Crippen MR) is 84.5 cm³/mol. The Morgan fingerprint density at radius 3 is 2.78 bits per heavy atom. The molecule has 0 aliphatic heterocycles. The Balaban J connectivity index is 1.77. The van der Waals surface area contributed by atoms with Crippen molar-refractivity contribution in [3.8, 4) is 0 Å². The minimum Gasteiger partial charge on any atom is -0.444 e. The summed E-state index contributed by atoms with van der Waals surface area (Å²) in [4.78, 5) is 23.4. The van der Waals surface area contributed by atoms with Gasteiger partial charge in [-0.05, 0) is 56.9 Å². The number of halogens is 1. The second kappa shape index (κ2) is 6.98. The first-order valence-electron chi connectivity index (χ1n) is 7.79. The molecule has 1 aliphatic carbocycles. The van der Waals surface area contributed by atoms with E-state index in [4.69, 9.17) is 4.74 Å². The summed E-state index contributed by atoms with van der Waals surface area (Å²) in [7, 11) is 0. The van der Waals surface area contributed by atoms with E-state index in [1.807, 2.05) is 0 Å². The Bertz CT molecular complexity index is 596. The SMILES string of the molecule is CC(C)(C)OC(=O)NCCC(=O)N[C@@H]1CCc2ccc(F)cc21. The molecule has 1 atom stereocenters. The Morgan fingerprint density at radius 1 is 1.35 bits per heavy atom. The molecular formula is C17H23FN2O3. The molecule has 0 saturated carbocycles. The first kappa shape index (κ1) is 17.2. The van der Waals surface area contributed by atoms with E-state index in [0.717, 1.165) is 24.0 Å². The van der Waals surface area contributed by atoms with Crippen molar-refractivity contribution in [2.75, 3.05) is 6.54 Å². The van der Waals surface area contributed by atoms with Gasteiger partial charge in [0, 0.05) is 13.0 Å². The molecule has 0 radical (unpaired) electrons. The molecule has 1 aromatic carbocycles. The highest BCUT2D eigenvalue weighted by Gasteiger charge is 2.24. The van der Waals surface area contributed by atoms with Gasteiger partial charge in [0.2, 0.25) is 5.91 Å². The third kappa shape index (κ3) is 5.23. The van der Waals surface area contributed by atoms with E-state index in [9.17, 15) is 14.0 Å². The van der Waals surface area contributed by atoms with Crippen LogP contribution in [-0.2, 0) is 16.0 Å². The van der Waals surface area contributed by atoms with Crippen LogP contribution in [0.25, 0.3) is 0 Å². The highest BCUT2D eigenvalue weighted by molar-refractivity contribution is 5.77. The number of carbonyl (C=O) groups is 2. The van der Waals surface area contributed by atoms with E-state index >= 15 is 0 Å². The number of hydrogen-bond donors (Lipinski definition) is 2. The number of carbonyl (C=O) groups excluding carboxylic acids is 2. The van der Waals surface area contributed by atoms with Gasteiger partial charge in [-0.2, -0.15) is 0 Å². The number of ether oxygens (including phenoxy) is 1. The monoisotopic (exact) mass is 322 g/mol. The van der Waals surface area contributed by atoms with Crippen molar-refractivity contribution >= 4 is 12.0 Å². The van der Waals surface area contributed by atoms with Crippen LogP contribution in [0.5, 0.6) is 0 Å². The molecular weight excluding hydrogens is 299 g/mol. The number of hydrogen-bond acceptors (Lipinski definition) is 3. The highest BCUT2D eigenvalue weighted by Crippen LogP contribution is 2.31. The van der Waals surface area contributed by atoms with Gasteiger partial charge in [0.15, 0.2) is 0 Å². The second-order valence-corrected chi connectivity index (χ2v) is 6.68. The number of amides is 2. The van der Waals surface area contributed by atoms with Gasteiger partial charge < -0.3 is 15.4 Å². The van der Waals surface area contributed by atoms with Crippen molar-refractivity contribution in [2.45, 2.75) is 51.7 Å². The number of benzene rings is 1. The van der Waals surface area contributed by atoms with Gasteiger partial charge in [-0.3, -0.25) is 4.79 Å². The zero-order valence-electron chi connectivity index (χ0n) is 13.7.